The molecule has 1 saturated heterocycles. The van der Waals surface area contributed by atoms with Gasteiger partial charge in [-0.1, -0.05) is 18.5 Å². The van der Waals surface area contributed by atoms with Crippen molar-refractivity contribution in [3.63, 3.8) is 0 Å². The minimum atomic E-state index is -0.448. The molecule has 1 aliphatic rings. The Morgan fingerprint density at radius 2 is 2.20 bits per heavy atom. The largest absolute Gasteiger partial charge is 0.379 e. The first-order valence-corrected chi connectivity index (χ1v) is 7.40. The molecule has 1 unspecified atom stereocenters. The maximum absolute atomic E-state index is 12.8. The molecule has 0 spiro atoms. The third kappa shape index (κ3) is 3.19. The average Bonchev–Trinajstić information content (AvgIpc) is 2.49. The molecule has 20 heavy (non-hydrogen) atoms. The van der Waals surface area contributed by atoms with E-state index in [9.17, 15) is 4.79 Å². The summed E-state index contributed by atoms with van der Waals surface area (Å²) >= 11 is 6.10. The number of morpholine rings is 1. The maximum atomic E-state index is 12.8. The monoisotopic (exact) mass is 296 g/mol. The average molecular weight is 297 g/mol. The number of carbonyl (C=O) groups is 1. The van der Waals surface area contributed by atoms with Gasteiger partial charge >= 0.3 is 0 Å². The highest BCUT2D eigenvalue weighted by Gasteiger charge is 2.38. The number of hydrogen-bond donors (Lipinski definition) is 0. The van der Waals surface area contributed by atoms with Crippen molar-refractivity contribution in [2.24, 2.45) is 0 Å². The number of nitrogens with zero attached hydrogens (tertiary/aromatic N) is 2. The van der Waals surface area contributed by atoms with E-state index in [1.54, 1.807) is 12.4 Å². The van der Waals surface area contributed by atoms with Gasteiger partial charge in [-0.2, -0.15) is 0 Å². The molecule has 1 aromatic rings. The van der Waals surface area contributed by atoms with Crippen LogP contribution in [0.15, 0.2) is 18.5 Å². The Kier molecular flexibility index (Phi) is 5.13. The molecule has 4 nitrogen and oxygen atoms in total. The van der Waals surface area contributed by atoms with Crippen molar-refractivity contribution in [3.8, 4) is 0 Å². The van der Waals surface area contributed by atoms with Gasteiger partial charge in [-0.25, -0.2) is 0 Å². The van der Waals surface area contributed by atoms with Crippen LogP contribution in [-0.4, -0.2) is 47.5 Å². The summed E-state index contributed by atoms with van der Waals surface area (Å²) in [6.07, 6.45) is 4.40. The van der Waals surface area contributed by atoms with E-state index >= 15 is 0 Å². The van der Waals surface area contributed by atoms with Crippen LogP contribution in [0.3, 0.4) is 0 Å². The van der Waals surface area contributed by atoms with Crippen LogP contribution in [0.4, 0.5) is 0 Å². The fraction of sp³-hybridized carbons (Fsp3) is 0.600. The van der Waals surface area contributed by atoms with E-state index in [0.29, 0.717) is 24.7 Å². The van der Waals surface area contributed by atoms with Crippen molar-refractivity contribution in [2.45, 2.75) is 32.2 Å². The van der Waals surface area contributed by atoms with Crippen LogP contribution in [0.2, 0.25) is 5.02 Å². The second-order valence-electron chi connectivity index (χ2n) is 5.29. The number of hydrogen-bond acceptors (Lipinski definition) is 4. The van der Waals surface area contributed by atoms with E-state index in [2.05, 4.69) is 16.8 Å². The third-order valence-electron chi connectivity index (χ3n) is 4.21. The van der Waals surface area contributed by atoms with E-state index in [4.69, 9.17) is 16.3 Å². The Morgan fingerprint density at radius 1 is 1.50 bits per heavy atom. The number of ether oxygens (including phenoxy) is 1. The summed E-state index contributed by atoms with van der Waals surface area (Å²) in [7, 11) is 0. The Bertz CT molecular complexity index is 475. The molecule has 0 radical (unpaired) electrons. The number of pyridine rings is 1. The van der Waals surface area contributed by atoms with E-state index < -0.39 is 5.54 Å². The van der Waals surface area contributed by atoms with Gasteiger partial charge in [0.05, 0.1) is 23.8 Å². The molecule has 0 N–H and O–H groups in total. The normalized spacial score (nSPS) is 19.6. The highest BCUT2D eigenvalue weighted by atomic mass is 35.5. The van der Waals surface area contributed by atoms with E-state index in [1.807, 2.05) is 13.0 Å². The molecular weight excluding hydrogens is 276 g/mol. The van der Waals surface area contributed by atoms with Crippen LogP contribution in [-0.2, 0) is 16.0 Å². The van der Waals surface area contributed by atoms with Crippen LogP contribution < -0.4 is 0 Å². The molecule has 1 aliphatic heterocycles. The van der Waals surface area contributed by atoms with Crippen LogP contribution in [0.5, 0.6) is 0 Å². The molecule has 2 heterocycles. The van der Waals surface area contributed by atoms with Gasteiger partial charge in [-0.05, 0) is 25.0 Å². The lowest BCUT2D eigenvalue weighted by atomic mass is 9.87. The SMILES string of the molecule is CCC(C)(C(=O)Cc1ccncc1Cl)N1CCOCC1. The Labute approximate surface area is 125 Å². The Hall–Kier alpha value is -0.970. The van der Waals surface area contributed by atoms with Gasteiger partial charge in [0, 0.05) is 31.9 Å². The zero-order valence-electron chi connectivity index (χ0n) is 12.1. The van der Waals surface area contributed by atoms with Crippen LogP contribution in [0.1, 0.15) is 25.8 Å². The van der Waals surface area contributed by atoms with Gasteiger partial charge in [0.1, 0.15) is 0 Å². The summed E-state index contributed by atoms with van der Waals surface area (Å²) in [6.45, 7) is 7.08. The van der Waals surface area contributed by atoms with Crippen LogP contribution >= 0.6 is 11.6 Å². The molecule has 1 aromatic heterocycles. The maximum Gasteiger partial charge on any atom is 0.157 e. The lowest BCUT2D eigenvalue weighted by molar-refractivity contribution is -0.133. The molecule has 2 rings (SSSR count). The molecular formula is C15H21ClN2O2. The molecule has 0 aromatic carbocycles. The first kappa shape index (κ1) is 15.4. The zero-order chi connectivity index (χ0) is 14.6. The number of Topliss-reactive ketones (excluding diaryl/α,β-unsaturated/α-hetero) is 1. The molecule has 110 valence electrons. The summed E-state index contributed by atoms with van der Waals surface area (Å²) in [5.74, 6) is 0.204. The highest BCUT2D eigenvalue weighted by molar-refractivity contribution is 6.31. The van der Waals surface area contributed by atoms with E-state index in [-0.39, 0.29) is 5.78 Å². The fourth-order valence-electron chi connectivity index (χ4n) is 2.56. The summed E-state index contributed by atoms with van der Waals surface area (Å²) in [5, 5.41) is 0.557. The molecule has 5 heteroatoms. The van der Waals surface area contributed by atoms with Crippen molar-refractivity contribution in [2.75, 3.05) is 26.3 Å². The number of rotatable bonds is 5. The van der Waals surface area contributed by atoms with Crippen LogP contribution in [0.25, 0.3) is 0 Å². The van der Waals surface area contributed by atoms with E-state index in [0.717, 1.165) is 25.1 Å². The molecule has 0 aliphatic carbocycles. The highest BCUT2D eigenvalue weighted by Crippen LogP contribution is 2.25. The summed E-state index contributed by atoms with van der Waals surface area (Å²) in [4.78, 5) is 18.9. The zero-order valence-corrected chi connectivity index (χ0v) is 12.8. The molecule has 0 saturated carbocycles. The molecule has 0 bridgehead atoms. The fourth-order valence-corrected chi connectivity index (χ4v) is 2.75. The summed E-state index contributed by atoms with van der Waals surface area (Å²) in [5.41, 5.74) is 0.399. The number of carbonyl (C=O) groups excluding carboxylic acids is 1. The van der Waals surface area contributed by atoms with Gasteiger partial charge < -0.3 is 4.74 Å². The Balaban J connectivity index is 2.14. The van der Waals surface area contributed by atoms with Gasteiger partial charge in [0.15, 0.2) is 5.78 Å². The minimum Gasteiger partial charge on any atom is -0.379 e. The van der Waals surface area contributed by atoms with Gasteiger partial charge in [-0.3, -0.25) is 14.7 Å². The van der Waals surface area contributed by atoms with Crippen molar-refractivity contribution in [1.82, 2.24) is 9.88 Å². The van der Waals surface area contributed by atoms with Crippen molar-refractivity contribution >= 4 is 17.4 Å². The van der Waals surface area contributed by atoms with Crippen molar-refractivity contribution in [1.29, 1.82) is 0 Å². The molecule has 1 fully saturated rings. The summed E-state index contributed by atoms with van der Waals surface area (Å²) < 4.78 is 5.37. The first-order valence-electron chi connectivity index (χ1n) is 7.02. The van der Waals surface area contributed by atoms with Gasteiger partial charge in [0.25, 0.3) is 0 Å². The third-order valence-corrected chi connectivity index (χ3v) is 4.55. The van der Waals surface area contributed by atoms with E-state index in [1.165, 1.54) is 0 Å². The van der Waals surface area contributed by atoms with Gasteiger partial charge in [0.2, 0.25) is 0 Å². The smallest absolute Gasteiger partial charge is 0.157 e. The second-order valence-corrected chi connectivity index (χ2v) is 5.70. The number of ketones is 1. The number of aromatic nitrogens is 1. The Morgan fingerprint density at radius 3 is 2.80 bits per heavy atom. The second kappa shape index (κ2) is 6.66. The molecule has 1 atom stereocenters. The minimum absolute atomic E-state index is 0.204. The standard InChI is InChI=1S/C15H21ClN2O2/c1-3-15(2,18-6-8-20-9-7-18)14(19)10-12-4-5-17-11-13(12)16/h4-5,11H,3,6-10H2,1-2H3. The topological polar surface area (TPSA) is 42.4 Å². The lowest BCUT2D eigenvalue weighted by Crippen LogP contribution is -2.56. The molecule has 0 amide bonds. The van der Waals surface area contributed by atoms with Gasteiger partial charge in [-0.15, -0.1) is 0 Å². The van der Waals surface area contributed by atoms with Crippen molar-refractivity contribution < 1.29 is 9.53 Å². The number of halogens is 1. The predicted molar refractivity (Wildman–Crippen MR) is 79.0 cm³/mol. The van der Waals surface area contributed by atoms with Crippen molar-refractivity contribution in [3.05, 3.63) is 29.0 Å². The quantitative estimate of drug-likeness (QED) is 0.836. The van der Waals surface area contributed by atoms with Crippen LogP contribution in [0, 0.1) is 0 Å². The lowest BCUT2D eigenvalue weighted by Gasteiger charge is -2.41. The summed E-state index contributed by atoms with van der Waals surface area (Å²) in [6, 6.07) is 1.82. The first-order chi connectivity index (χ1) is 9.58. The predicted octanol–water partition coefficient (Wildman–Crippen LogP) is 2.35.